The van der Waals surface area contributed by atoms with Gasteiger partial charge in [-0.25, -0.2) is 18.7 Å². The van der Waals surface area contributed by atoms with Crippen LogP contribution in [0.3, 0.4) is 0 Å². The van der Waals surface area contributed by atoms with Gasteiger partial charge in [0.25, 0.3) is 5.91 Å². The van der Waals surface area contributed by atoms with Crippen molar-refractivity contribution < 1.29 is 13.6 Å². The monoisotopic (exact) mass is 374 g/mol. The van der Waals surface area contributed by atoms with Crippen molar-refractivity contribution in [2.45, 2.75) is 6.92 Å². The quantitative estimate of drug-likeness (QED) is 0.694. The molecule has 0 radical (unpaired) electrons. The number of rotatable bonds is 4. The van der Waals surface area contributed by atoms with E-state index in [4.69, 9.17) is 11.6 Å². The topological polar surface area (TPSA) is 66.9 Å². The molecule has 0 spiro atoms. The standard InChI is InChI=1S/C18H13ClF2N4O/c1-10-22-16(18(26)25-12-4-2-3-11(20)7-12)9-17(23-10)24-13-5-6-15(21)14(19)8-13/h2-9H,1H3,(H,25,26)(H,22,23,24). The molecule has 0 unspecified atom stereocenters. The zero-order chi connectivity index (χ0) is 18.7. The number of amides is 1. The Labute approximate surface area is 153 Å². The van der Waals surface area contributed by atoms with E-state index in [0.29, 0.717) is 23.0 Å². The van der Waals surface area contributed by atoms with Crippen LogP contribution in [-0.4, -0.2) is 15.9 Å². The molecule has 1 aromatic heterocycles. The summed E-state index contributed by atoms with van der Waals surface area (Å²) in [6.45, 7) is 1.63. The number of hydrogen-bond acceptors (Lipinski definition) is 4. The molecule has 8 heteroatoms. The van der Waals surface area contributed by atoms with Crippen LogP contribution in [0, 0.1) is 18.6 Å². The van der Waals surface area contributed by atoms with Gasteiger partial charge in [-0.1, -0.05) is 17.7 Å². The first-order chi connectivity index (χ1) is 12.4. The maximum Gasteiger partial charge on any atom is 0.274 e. The summed E-state index contributed by atoms with van der Waals surface area (Å²) in [4.78, 5) is 20.6. The van der Waals surface area contributed by atoms with Gasteiger partial charge in [-0.2, -0.15) is 0 Å². The molecular formula is C18H13ClF2N4O. The molecule has 0 fully saturated rings. The number of aryl methyl sites for hydroxylation is 1. The Morgan fingerprint density at radius 1 is 1.04 bits per heavy atom. The molecule has 0 aliphatic carbocycles. The Hall–Kier alpha value is -3.06. The van der Waals surface area contributed by atoms with E-state index < -0.39 is 17.5 Å². The van der Waals surface area contributed by atoms with Crippen molar-refractivity contribution >= 4 is 34.7 Å². The third kappa shape index (κ3) is 4.31. The van der Waals surface area contributed by atoms with Crippen molar-refractivity contribution in [3.05, 3.63) is 76.7 Å². The third-order valence-corrected chi connectivity index (χ3v) is 3.63. The van der Waals surface area contributed by atoms with E-state index in [9.17, 15) is 13.6 Å². The van der Waals surface area contributed by atoms with Gasteiger partial charge in [-0.05, 0) is 43.3 Å². The van der Waals surface area contributed by atoms with Crippen molar-refractivity contribution in [3.63, 3.8) is 0 Å². The lowest BCUT2D eigenvalue weighted by molar-refractivity contribution is 0.102. The predicted molar refractivity (Wildman–Crippen MR) is 95.8 cm³/mol. The number of halogens is 3. The largest absolute Gasteiger partial charge is 0.340 e. The maximum absolute atomic E-state index is 13.2. The van der Waals surface area contributed by atoms with E-state index in [1.807, 2.05) is 0 Å². The normalized spacial score (nSPS) is 10.5. The van der Waals surface area contributed by atoms with Crippen LogP contribution in [0.1, 0.15) is 16.3 Å². The Morgan fingerprint density at radius 3 is 2.58 bits per heavy atom. The molecule has 26 heavy (non-hydrogen) atoms. The molecule has 0 saturated carbocycles. The zero-order valence-corrected chi connectivity index (χ0v) is 14.3. The van der Waals surface area contributed by atoms with Gasteiger partial charge in [0.15, 0.2) is 0 Å². The molecule has 3 aromatic rings. The van der Waals surface area contributed by atoms with Crippen molar-refractivity contribution in [2.75, 3.05) is 10.6 Å². The summed E-state index contributed by atoms with van der Waals surface area (Å²) >= 11 is 5.75. The molecule has 0 saturated heterocycles. The predicted octanol–water partition coefficient (Wildman–Crippen LogP) is 4.71. The van der Waals surface area contributed by atoms with Crippen molar-refractivity contribution in [1.82, 2.24) is 9.97 Å². The molecule has 132 valence electrons. The highest BCUT2D eigenvalue weighted by Crippen LogP contribution is 2.22. The number of nitrogens with zero attached hydrogens (tertiary/aromatic N) is 2. The average Bonchev–Trinajstić information content (AvgIpc) is 2.58. The van der Waals surface area contributed by atoms with Crippen molar-refractivity contribution in [3.8, 4) is 0 Å². The minimum atomic E-state index is -0.536. The van der Waals surface area contributed by atoms with Gasteiger partial charge in [0, 0.05) is 17.4 Å². The molecule has 0 atom stereocenters. The van der Waals surface area contributed by atoms with E-state index in [1.54, 1.807) is 13.0 Å². The van der Waals surface area contributed by atoms with Crippen molar-refractivity contribution in [1.29, 1.82) is 0 Å². The summed E-state index contributed by atoms with van der Waals surface area (Å²) in [7, 11) is 0. The highest BCUT2D eigenvalue weighted by molar-refractivity contribution is 6.31. The van der Waals surface area contributed by atoms with Gasteiger partial charge >= 0.3 is 0 Å². The Balaban J connectivity index is 1.82. The number of aromatic nitrogens is 2. The fraction of sp³-hybridized carbons (Fsp3) is 0.0556. The second kappa shape index (κ2) is 7.45. The van der Waals surface area contributed by atoms with Crippen LogP contribution in [0.2, 0.25) is 5.02 Å². The first kappa shape index (κ1) is 17.8. The Kier molecular flexibility index (Phi) is 5.09. The lowest BCUT2D eigenvalue weighted by Crippen LogP contribution is -2.15. The first-order valence-electron chi connectivity index (χ1n) is 7.55. The summed E-state index contributed by atoms with van der Waals surface area (Å²) in [5, 5.41) is 5.47. The van der Waals surface area contributed by atoms with Crippen LogP contribution in [0.5, 0.6) is 0 Å². The van der Waals surface area contributed by atoms with Gasteiger partial charge in [0.05, 0.1) is 5.02 Å². The molecule has 5 nitrogen and oxygen atoms in total. The summed E-state index contributed by atoms with van der Waals surface area (Å²) in [6, 6.07) is 11.1. The van der Waals surface area contributed by atoms with E-state index >= 15 is 0 Å². The number of carbonyl (C=O) groups is 1. The van der Waals surface area contributed by atoms with E-state index in [-0.39, 0.29) is 10.7 Å². The molecule has 2 aromatic carbocycles. The van der Waals surface area contributed by atoms with Crippen LogP contribution in [0.4, 0.5) is 26.0 Å². The van der Waals surface area contributed by atoms with E-state index in [2.05, 4.69) is 20.6 Å². The van der Waals surface area contributed by atoms with Crippen LogP contribution in [0.25, 0.3) is 0 Å². The summed E-state index contributed by atoms with van der Waals surface area (Å²) < 4.78 is 26.5. The van der Waals surface area contributed by atoms with Gasteiger partial charge in [0.1, 0.15) is 29.0 Å². The lowest BCUT2D eigenvalue weighted by atomic mass is 10.2. The van der Waals surface area contributed by atoms with Crippen LogP contribution < -0.4 is 10.6 Å². The first-order valence-corrected chi connectivity index (χ1v) is 7.93. The van der Waals surface area contributed by atoms with Crippen LogP contribution in [0.15, 0.2) is 48.5 Å². The minimum absolute atomic E-state index is 0.0372. The number of benzene rings is 2. The lowest BCUT2D eigenvalue weighted by Gasteiger charge is -2.10. The second-order valence-corrected chi connectivity index (χ2v) is 5.81. The number of carbonyl (C=O) groups excluding carboxylic acids is 1. The summed E-state index contributed by atoms with van der Waals surface area (Å²) in [5.74, 6) is -0.818. The fourth-order valence-corrected chi connectivity index (χ4v) is 2.41. The average molecular weight is 375 g/mol. The molecule has 0 aliphatic heterocycles. The van der Waals surface area contributed by atoms with Gasteiger partial charge in [-0.15, -0.1) is 0 Å². The molecule has 0 aliphatic rings. The summed E-state index contributed by atoms with van der Waals surface area (Å²) in [6.07, 6.45) is 0. The molecule has 1 heterocycles. The SMILES string of the molecule is Cc1nc(Nc2ccc(F)c(Cl)c2)cc(C(=O)Nc2cccc(F)c2)n1. The van der Waals surface area contributed by atoms with Gasteiger partial charge in [-0.3, -0.25) is 4.79 Å². The van der Waals surface area contributed by atoms with Gasteiger partial charge in [0.2, 0.25) is 0 Å². The molecule has 0 bridgehead atoms. The molecular weight excluding hydrogens is 362 g/mol. The number of anilines is 3. The highest BCUT2D eigenvalue weighted by atomic mass is 35.5. The van der Waals surface area contributed by atoms with Crippen LogP contribution >= 0.6 is 11.6 Å². The second-order valence-electron chi connectivity index (χ2n) is 5.40. The number of nitrogens with one attached hydrogen (secondary N) is 2. The highest BCUT2D eigenvalue weighted by Gasteiger charge is 2.12. The van der Waals surface area contributed by atoms with E-state index in [0.717, 1.165) is 0 Å². The third-order valence-electron chi connectivity index (χ3n) is 3.35. The fourth-order valence-electron chi connectivity index (χ4n) is 2.23. The maximum atomic E-state index is 13.2. The summed E-state index contributed by atoms with van der Waals surface area (Å²) in [5.41, 5.74) is 0.912. The van der Waals surface area contributed by atoms with Crippen LogP contribution in [-0.2, 0) is 0 Å². The smallest absolute Gasteiger partial charge is 0.274 e. The zero-order valence-electron chi connectivity index (χ0n) is 13.6. The molecule has 2 N–H and O–H groups in total. The van der Waals surface area contributed by atoms with E-state index in [1.165, 1.54) is 42.5 Å². The number of hydrogen-bond donors (Lipinski definition) is 2. The Morgan fingerprint density at radius 2 is 1.85 bits per heavy atom. The molecule has 3 rings (SSSR count). The van der Waals surface area contributed by atoms with Crippen molar-refractivity contribution in [2.24, 2.45) is 0 Å². The Bertz CT molecular complexity index is 981. The minimum Gasteiger partial charge on any atom is -0.340 e. The van der Waals surface area contributed by atoms with Gasteiger partial charge < -0.3 is 10.6 Å². The molecule has 1 amide bonds.